The van der Waals surface area contributed by atoms with Crippen molar-refractivity contribution in [3.63, 3.8) is 0 Å². The third-order valence-corrected chi connectivity index (χ3v) is 4.37. The standard InChI is InChI=1S/C18H25N5O/c1-13(11-19)16-17-18(14-7-3-4-8-15(14)22-16)23(12-20-17)10-6-5-9-21-24-2/h3-4,7-8,12-13,21H,5-6,9-11,19H2,1-2H3. The summed E-state index contributed by atoms with van der Waals surface area (Å²) >= 11 is 0. The topological polar surface area (TPSA) is 78.0 Å². The third-order valence-electron chi connectivity index (χ3n) is 4.37. The fourth-order valence-corrected chi connectivity index (χ4v) is 3.01. The van der Waals surface area contributed by atoms with E-state index in [0.29, 0.717) is 6.54 Å². The van der Waals surface area contributed by atoms with Gasteiger partial charge in [-0.2, -0.15) is 0 Å². The molecule has 0 bridgehead atoms. The van der Waals surface area contributed by atoms with Crippen molar-refractivity contribution in [1.29, 1.82) is 0 Å². The van der Waals surface area contributed by atoms with Crippen LogP contribution >= 0.6 is 0 Å². The zero-order valence-electron chi connectivity index (χ0n) is 14.3. The van der Waals surface area contributed by atoms with Gasteiger partial charge in [-0.3, -0.25) is 4.98 Å². The quantitative estimate of drug-likeness (QED) is 0.491. The van der Waals surface area contributed by atoms with Crippen LogP contribution in [0.15, 0.2) is 30.6 Å². The number of nitrogens with one attached hydrogen (secondary N) is 1. The van der Waals surface area contributed by atoms with E-state index in [2.05, 4.69) is 40.2 Å². The Hall–Kier alpha value is -2.02. The molecule has 6 nitrogen and oxygen atoms in total. The molecule has 128 valence electrons. The molecule has 0 aliphatic carbocycles. The van der Waals surface area contributed by atoms with Gasteiger partial charge in [0.25, 0.3) is 0 Å². The average molecular weight is 327 g/mol. The highest BCUT2D eigenvalue weighted by Crippen LogP contribution is 2.29. The van der Waals surface area contributed by atoms with Crippen LogP contribution in [-0.2, 0) is 11.4 Å². The van der Waals surface area contributed by atoms with E-state index in [1.807, 2.05) is 12.4 Å². The minimum absolute atomic E-state index is 0.186. The molecule has 2 heterocycles. The van der Waals surface area contributed by atoms with E-state index in [9.17, 15) is 0 Å². The highest BCUT2D eigenvalue weighted by molar-refractivity contribution is 6.03. The predicted octanol–water partition coefficient (Wildman–Crippen LogP) is 2.58. The Morgan fingerprint density at radius 1 is 1.29 bits per heavy atom. The number of hydroxylamine groups is 1. The van der Waals surface area contributed by atoms with Gasteiger partial charge in [0, 0.05) is 30.9 Å². The summed E-state index contributed by atoms with van der Waals surface area (Å²) in [5, 5.41) is 1.15. The van der Waals surface area contributed by atoms with Crippen molar-refractivity contribution < 1.29 is 4.84 Å². The largest absolute Gasteiger partial charge is 0.330 e. The first kappa shape index (κ1) is 16.8. The molecule has 0 aliphatic rings. The highest BCUT2D eigenvalue weighted by atomic mass is 16.6. The van der Waals surface area contributed by atoms with Crippen molar-refractivity contribution in [3.05, 3.63) is 36.3 Å². The molecule has 2 aromatic heterocycles. The monoisotopic (exact) mass is 327 g/mol. The number of rotatable bonds is 8. The molecule has 6 heteroatoms. The number of benzene rings is 1. The Bertz CT molecular complexity index is 814. The van der Waals surface area contributed by atoms with Crippen LogP contribution in [0.5, 0.6) is 0 Å². The van der Waals surface area contributed by atoms with Crippen LogP contribution in [-0.4, -0.2) is 34.7 Å². The Kier molecular flexibility index (Phi) is 5.40. The van der Waals surface area contributed by atoms with E-state index < -0.39 is 0 Å². The number of nitrogens with zero attached hydrogens (tertiary/aromatic N) is 3. The lowest BCUT2D eigenvalue weighted by Gasteiger charge is -2.12. The fourth-order valence-electron chi connectivity index (χ4n) is 3.01. The van der Waals surface area contributed by atoms with Gasteiger partial charge in [-0.15, -0.1) is 0 Å². The molecule has 0 amide bonds. The minimum Gasteiger partial charge on any atom is -0.330 e. The fraction of sp³-hybridized carbons (Fsp3) is 0.444. The number of unbranched alkanes of at least 4 members (excludes halogenated alkanes) is 1. The van der Waals surface area contributed by atoms with E-state index in [0.717, 1.165) is 53.6 Å². The van der Waals surface area contributed by atoms with Crippen LogP contribution < -0.4 is 11.2 Å². The third kappa shape index (κ3) is 3.26. The Labute approximate surface area is 142 Å². The van der Waals surface area contributed by atoms with Gasteiger partial charge in [0.15, 0.2) is 0 Å². The molecule has 24 heavy (non-hydrogen) atoms. The summed E-state index contributed by atoms with van der Waals surface area (Å²) in [5.74, 6) is 0.186. The van der Waals surface area contributed by atoms with Crippen LogP contribution in [0, 0.1) is 0 Å². The number of nitrogens with two attached hydrogens (primary N) is 1. The summed E-state index contributed by atoms with van der Waals surface area (Å²) in [6.45, 7) is 4.44. The van der Waals surface area contributed by atoms with Crippen LogP contribution in [0.1, 0.15) is 31.4 Å². The summed E-state index contributed by atoms with van der Waals surface area (Å²) < 4.78 is 2.24. The number of hydrogen-bond acceptors (Lipinski definition) is 5. The van der Waals surface area contributed by atoms with Gasteiger partial charge in [0.1, 0.15) is 5.52 Å². The van der Waals surface area contributed by atoms with Crippen LogP contribution in [0.25, 0.3) is 21.9 Å². The highest BCUT2D eigenvalue weighted by Gasteiger charge is 2.17. The summed E-state index contributed by atoms with van der Waals surface area (Å²) in [6, 6.07) is 8.25. The zero-order valence-corrected chi connectivity index (χ0v) is 14.3. The van der Waals surface area contributed by atoms with Gasteiger partial charge in [-0.25, -0.2) is 10.5 Å². The van der Waals surface area contributed by atoms with Crippen LogP contribution in [0.3, 0.4) is 0 Å². The van der Waals surface area contributed by atoms with E-state index in [1.165, 1.54) is 0 Å². The number of aryl methyl sites for hydroxylation is 1. The second-order valence-corrected chi connectivity index (χ2v) is 6.09. The van der Waals surface area contributed by atoms with Gasteiger partial charge >= 0.3 is 0 Å². The lowest BCUT2D eigenvalue weighted by atomic mass is 10.0. The molecule has 0 spiro atoms. The van der Waals surface area contributed by atoms with Crippen molar-refractivity contribution in [2.24, 2.45) is 5.73 Å². The van der Waals surface area contributed by atoms with E-state index >= 15 is 0 Å². The summed E-state index contributed by atoms with van der Waals surface area (Å²) in [7, 11) is 1.64. The van der Waals surface area contributed by atoms with E-state index in [1.54, 1.807) is 7.11 Å². The average Bonchev–Trinajstić information content (AvgIpc) is 3.04. The molecule has 0 radical (unpaired) electrons. The predicted molar refractivity (Wildman–Crippen MR) is 96.7 cm³/mol. The Balaban J connectivity index is 2.00. The molecule has 3 rings (SSSR count). The maximum absolute atomic E-state index is 5.88. The lowest BCUT2D eigenvalue weighted by molar-refractivity contribution is 0.0904. The molecule has 1 atom stereocenters. The van der Waals surface area contributed by atoms with Crippen LogP contribution in [0.2, 0.25) is 0 Å². The molecule has 3 N–H and O–H groups in total. The van der Waals surface area contributed by atoms with Crippen molar-refractivity contribution in [2.75, 3.05) is 20.2 Å². The molecule has 1 unspecified atom stereocenters. The SMILES string of the molecule is CONCCCCn1cnc2c(C(C)CN)nc3ccccc3c21. The molecule has 1 aromatic carbocycles. The van der Waals surface area contributed by atoms with Crippen molar-refractivity contribution >= 4 is 21.9 Å². The van der Waals surface area contributed by atoms with Gasteiger partial charge < -0.3 is 15.1 Å². The molecular weight excluding hydrogens is 302 g/mol. The van der Waals surface area contributed by atoms with E-state index in [4.69, 9.17) is 15.6 Å². The maximum Gasteiger partial charge on any atom is 0.111 e. The maximum atomic E-state index is 5.88. The number of hydrogen-bond donors (Lipinski definition) is 2. The molecular formula is C18H25N5O. The molecule has 0 saturated heterocycles. The first-order valence-corrected chi connectivity index (χ1v) is 8.45. The molecule has 0 aliphatic heterocycles. The number of imidazole rings is 1. The Morgan fingerprint density at radius 3 is 2.92 bits per heavy atom. The normalized spacial score (nSPS) is 13.0. The first-order chi connectivity index (χ1) is 11.8. The molecule has 0 saturated carbocycles. The molecule has 0 fully saturated rings. The van der Waals surface area contributed by atoms with Gasteiger partial charge in [-0.05, 0) is 18.9 Å². The number of pyridine rings is 1. The summed E-state index contributed by atoms with van der Waals surface area (Å²) in [4.78, 5) is 14.4. The second kappa shape index (κ2) is 7.70. The molecule has 3 aromatic rings. The smallest absolute Gasteiger partial charge is 0.111 e. The summed E-state index contributed by atoms with van der Waals surface area (Å²) in [5.41, 5.74) is 12.9. The lowest BCUT2D eigenvalue weighted by Crippen LogP contribution is -2.13. The van der Waals surface area contributed by atoms with Crippen molar-refractivity contribution in [1.82, 2.24) is 20.0 Å². The zero-order chi connectivity index (χ0) is 16.9. The van der Waals surface area contributed by atoms with Crippen LogP contribution in [0.4, 0.5) is 0 Å². The van der Waals surface area contributed by atoms with Gasteiger partial charge in [-0.1, -0.05) is 25.1 Å². The number of para-hydroxylation sites is 1. The number of aromatic nitrogens is 3. The number of fused-ring (bicyclic) bond motifs is 3. The van der Waals surface area contributed by atoms with Crippen molar-refractivity contribution in [2.45, 2.75) is 32.2 Å². The Morgan fingerprint density at radius 2 is 2.12 bits per heavy atom. The second-order valence-electron chi connectivity index (χ2n) is 6.09. The first-order valence-electron chi connectivity index (χ1n) is 8.45. The van der Waals surface area contributed by atoms with Crippen molar-refractivity contribution in [3.8, 4) is 0 Å². The minimum atomic E-state index is 0.186. The van der Waals surface area contributed by atoms with Gasteiger partial charge in [0.2, 0.25) is 0 Å². The van der Waals surface area contributed by atoms with Gasteiger partial charge in [0.05, 0.1) is 30.2 Å². The van der Waals surface area contributed by atoms with E-state index in [-0.39, 0.29) is 5.92 Å². The summed E-state index contributed by atoms with van der Waals surface area (Å²) in [6.07, 6.45) is 4.03.